The zero-order chi connectivity index (χ0) is 7.56. The van der Waals surface area contributed by atoms with Crippen LogP contribution < -0.4 is 0 Å². The van der Waals surface area contributed by atoms with Crippen LogP contribution in [0.4, 0.5) is 4.39 Å². The van der Waals surface area contributed by atoms with Gasteiger partial charge in [-0.25, -0.2) is 0 Å². The first-order valence-corrected chi connectivity index (χ1v) is 2.64. The molecule has 54 valence electrons. The van der Waals surface area contributed by atoms with Gasteiger partial charge in [0, 0.05) is 5.56 Å². The number of hydrogen-bond donors (Lipinski definition) is 1. The number of furan rings is 1. The third-order valence-corrected chi connectivity index (χ3v) is 1.03. The van der Waals surface area contributed by atoms with Crippen molar-refractivity contribution < 1.29 is 18.7 Å². The first kappa shape index (κ1) is 6.80. The van der Waals surface area contributed by atoms with Gasteiger partial charge < -0.3 is 9.52 Å². The number of carboxylic acid groups (broad SMARTS) is 1. The minimum Gasteiger partial charge on any atom is -0.481 e. The van der Waals surface area contributed by atoms with Crippen molar-refractivity contribution in [1.29, 1.82) is 0 Å². The van der Waals surface area contributed by atoms with E-state index in [0.717, 1.165) is 6.26 Å². The van der Waals surface area contributed by atoms with Crippen LogP contribution in [0.25, 0.3) is 0 Å². The molecule has 0 unspecified atom stereocenters. The third kappa shape index (κ3) is 1.34. The van der Waals surface area contributed by atoms with Crippen LogP contribution >= 0.6 is 0 Å². The molecule has 0 aliphatic rings. The summed E-state index contributed by atoms with van der Waals surface area (Å²) in [5.41, 5.74) is 0.0764. The normalized spacial score (nSPS) is 9.70. The van der Waals surface area contributed by atoms with E-state index in [1.165, 1.54) is 6.07 Å². The van der Waals surface area contributed by atoms with E-state index in [2.05, 4.69) is 4.42 Å². The first-order chi connectivity index (χ1) is 4.70. The summed E-state index contributed by atoms with van der Waals surface area (Å²) in [6.07, 6.45) is 0.788. The smallest absolute Gasteiger partial charge is 0.308 e. The molecule has 0 bridgehead atoms. The molecule has 1 aromatic rings. The minimum absolute atomic E-state index is 0.0764. The van der Waals surface area contributed by atoms with Crippen LogP contribution in [-0.4, -0.2) is 11.1 Å². The zero-order valence-electron chi connectivity index (χ0n) is 5.00. The van der Waals surface area contributed by atoms with Gasteiger partial charge in [-0.05, 0) is 6.07 Å². The molecule has 0 radical (unpaired) electrons. The molecule has 0 aliphatic carbocycles. The van der Waals surface area contributed by atoms with Crippen molar-refractivity contribution in [2.75, 3.05) is 0 Å². The minimum atomic E-state index is -1.07. The van der Waals surface area contributed by atoms with Crippen molar-refractivity contribution in [3.05, 3.63) is 23.9 Å². The van der Waals surface area contributed by atoms with Crippen molar-refractivity contribution in [3.63, 3.8) is 0 Å². The summed E-state index contributed by atoms with van der Waals surface area (Å²) in [5, 5.41) is 8.20. The highest BCUT2D eigenvalue weighted by Crippen LogP contribution is 2.07. The van der Waals surface area contributed by atoms with E-state index >= 15 is 0 Å². The van der Waals surface area contributed by atoms with Crippen molar-refractivity contribution in [3.8, 4) is 0 Å². The lowest BCUT2D eigenvalue weighted by atomic mass is 10.2. The largest absolute Gasteiger partial charge is 0.481 e. The maximum absolute atomic E-state index is 12.3. The first-order valence-electron chi connectivity index (χ1n) is 2.64. The number of halogens is 1. The molecular weight excluding hydrogens is 139 g/mol. The molecule has 1 N–H and O–H groups in total. The van der Waals surface area contributed by atoms with Gasteiger partial charge in [0.2, 0.25) is 0 Å². The molecule has 0 saturated heterocycles. The van der Waals surface area contributed by atoms with Gasteiger partial charge >= 0.3 is 5.97 Å². The number of hydrogen-bond acceptors (Lipinski definition) is 2. The second kappa shape index (κ2) is 2.51. The molecule has 0 fully saturated rings. The lowest BCUT2D eigenvalue weighted by Gasteiger charge is -1.87. The molecule has 0 aromatic carbocycles. The topological polar surface area (TPSA) is 50.4 Å². The summed E-state index contributed by atoms with van der Waals surface area (Å²) in [6, 6.07) is 0.478. The lowest BCUT2D eigenvalue weighted by Crippen LogP contribution is -1.99. The van der Waals surface area contributed by atoms with Crippen LogP contribution in [0.5, 0.6) is 0 Å². The number of aliphatic carboxylic acids is 1. The van der Waals surface area contributed by atoms with Gasteiger partial charge in [0.05, 0.1) is 12.7 Å². The van der Waals surface area contributed by atoms with Gasteiger partial charge in [-0.15, -0.1) is 0 Å². The number of rotatable bonds is 2. The quantitative estimate of drug-likeness (QED) is 0.674. The highest BCUT2D eigenvalue weighted by Gasteiger charge is 2.08. The van der Waals surface area contributed by atoms with E-state index in [1.807, 2.05) is 0 Å². The van der Waals surface area contributed by atoms with E-state index in [0.29, 0.717) is 0 Å². The van der Waals surface area contributed by atoms with Gasteiger partial charge in [0.25, 0.3) is 6.01 Å². The van der Waals surface area contributed by atoms with Crippen LogP contribution in [-0.2, 0) is 11.2 Å². The molecule has 4 heteroatoms. The fraction of sp³-hybridized carbons (Fsp3) is 0.167. The predicted molar refractivity (Wildman–Crippen MR) is 30.0 cm³/mol. The second-order valence-electron chi connectivity index (χ2n) is 1.79. The monoisotopic (exact) mass is 144 g/mol. The molecule has 1 heterocycles. The van der Waals surface area contributed by atoms with Gasteiger partial charge in [0.15, 0.2) is 0 Å². The van der Waals surface area contributed by atoms with Crippen LogP contribution in [0.15, 0.2) is 16.7 Å². The highest BCUT2D eigenvalue weighted by atomic mass is 19.1. The van der Waals surface area contributed by atoms with Gasteiger partial charge in [0.1, 0.15) is 0 Å². The lowest BCUT2D eigenvalue weighted by molar-refractivity contribution is -0.136. The Hall–Kier alpha value is -1.32. The van der Waals surface area contributed by atoms with Gasteiger partial charge in [-0.1, -0.05) is 0 Å². The SMILES string of the molecule is O=C(O)Cc1ccoc1F. The molecule has 0 atom stereocenters. The third-order valence-electron chi connectivity index (χ3n) is 1.03. The van der Waals surface area contributed by atoms with Gasteiger partial charge in [-0.3, -0.25) is 4.79 Å². The second-order valence-corrected chi connectivity index (χ2v) is 1.79. The van der Waals surface area contributed by atoms with E-state index in [9.17, 15) is 9.18 Å². The molecule has 3 nitrogen and oxygen atoms in total. The molecule has 1 aromatic heterocycles. The van der Waals surface area contributed by atoms with Crippen molar-refractivity contribution >= 4 is 5.97 Å². The van der Waals surface area contributed by atoms with Gasteiger partial charge in [-0.2, -0.15) is 4.39 Å². The van der Waals surface area contributed by atoms with Crippen molar-refractivity contribution in [2.24, 2.45) is 0 Å². The fourth-order valence-electron chi connectivity index (χ4n) is 0.608. The van der Waals surface area contributed by atoms with Crippen LogP contribution in [0.2, 0.25) is 0 Å². The Morgan fingerprint density at radius 1 is 1.80 bits per heavy atom. The molecule has 0 aliphatic heterocycles. The Labute approximate surface area is 56.1 Å². The van der Waals surface area contributed by atoms with E-state index in [4.69, 9.17) is 5.11 Å². The van der Waals surface area contributed by atoms with E-state index in [-0.39, 0.29) is 12.0 Å². The van der Waals surface area contributed by atoms with Crippen LogP contribution in [0, 0.1) is 6.01 Å². The Morgan fingerprint density at radius 3 is 2.90 bits per heavy atom. The number of carbonyl (C=O) groups is 1. The predicted octanol–water partition coefficient (Wildman–Crippen LogP) is 1.05. The highest BCUT2D eigenvalue weighted by molar-refractivity contribution is 5.69. The summed E-state index contributed by atoms with van der Waals surface area (Å²) in [4.78, 5) is 10.0. The zero-order valence-corrected chi connectivity index (χ0v) is 5.00. The molecule has 0 spiro atoms. The van der Waals surface area contributed by atoms with Crippen LogP contribution in [0.3, 0.4) is 0 Å². The van der Waals surface area contributed by atoms with Crippen LogP contribution in [0.1, 0.15) is 5.56 Å². The Bertz CT molecular complexity index is 241. The average Bonchev–Trinajstić information content (AvgIpc) is 2.15. The molecule has 0 amide bonds. The van der Waals surface area contributed by atoms with E-state index in [1.54, 1.807) is 0 Å². The summed E-state index contributed by atoms with van der Waals surface area (Å²) in [7, 11) is 0. The molecular formula is C6H5FO3. The summed E-state index contributed by atoms with van der Waals surface area (Å²) in [6.45, 7) is 0. The van der Waals surface area contributed by atoms with Crippen molar-refractivity contribution in [1.82, 2.24) is 0 Å². The average molecular weight is 144 g/mol. The Morgan fingerprint density at radius 2 is 2.50 bits per heavy atom. The summed E-state index contributed by atoms with van der Waals surface area (Å²) >= 11 is 0. The fourth-order valence-corrected chi connectivity index (χ4v) is 0.608. The maximum Gasteiger partial charge on any atom is 0.308 e. The Balaban J connectivity index is 2.74. The summed E-state index contributed by atoms with van der Waals surface area (Å²) < 4.78 is 16.5. The molecule has 1 rings (SSSR count). The van der Waals surface area contributed by atoms with E-state index < -0.39 is 12.0 Å². The number of carboxylic acids is 1. The standard InChI is InChI=1S/C6H5FO3/c7-6-4(1-2-10-6)3-5(8)9/h1-2H,3H2,(H,8,9). The maximum atomic E-state index is 12.3. The molecule has 10 heavy (non-hydrogen) atoms. The molecule has 0 saturated carbocycles. The Kier molecular flexibility index (Phi) is 1.71. The summed E-state index contributed by atoms with van der Waals surface area (Å²) in [5.74, 6) is -1.07. The van der Waals surface area contributed by atoms with Crippen molar-refractivity contribution in [2.45, 2.75) is 6.42 Å².